The zero-order valence-electron chi connectivity index (χ0n) is 16.0. The molecule has 3 rings (SSSR count). The van der Waals surface area contributed by atoms with Crippen molar-refractivity contribution in [2.45, 2.75) is 10.8 Å². The minimum atomic E-state index is -3.83. The van der Waals surface area contributed by atoms with Gasteiger partial charge in [0.05, 0.1) is 34.9 Å². The van der Waals surface area contributed by atoms with Gasteiger partial charge in [-0.1, -0.05) is 28.7 Å². The Morgan fingerprint density at radius 1 is 1.19 bits per heavy atom. The molecule has 164 valence electrons. The first kappa shape index (κ1) is 23.1. The van der Waals surface area contributed by atoms with Crippen LogP contribution < -0.4 is 15.8 Å². The molecule has 0 atom stereocenters. The van der Waals surface area contributed by atoms with Crippen molar-refractivity contribution in [2.75, 3.05) is 28.2 Å². The Kier molecular flexibility index (Phi) is 7.20. The van der Waals surface area contributed by atoms with Gasteiger partial charge >= 0.3 is 0 Å². The highest BCUT2D eigenvalue weighted by Crippen LogP contribution is 2.32. The van der Waals surface area contributed by atoms with Gasteiger partial charge in [-0.15, -0.1) is 0 Å². The molecule has 8 nitrogen and oxygen atoms in total. The average Bonchev–Trinajstić information content (AvgIpc) is 2.74. The topological polar surface area (TPSA) is 127 Å². The summed E-state index contributed by atoms with van der Waals surface area (Å²) >= 11 is 1.93. The van der Waals surface area contributed by atoms with Gasteiger partial charge in [-0.05, 0) is 30.7 Å². The van der Waals surface area contributed by atoms with Crippen molar-refractivity contribution < 1.29 is 22.0 Å². The second-order valence-electron chi connectivity index (χ2n) is 6.46. The number of sulfonamides is 1. The fourth-order valence-electron chi connectivity index (χ4n) is 2.92. The number of nitrogen functional groups attached to an aromatic ring is 1. The summed E-state index contributed by atoms with van der Waals surface area (Å²) in [5.41, 5.74) is 6.46. The van der Waals surface area contributed by atoms with Crippen LogP contribution in [0.4, 0.5) is 26.0 Å². The molecule has 1 heterocycles. The van der Waals surface area contributed by atoms with Crippen LogP contribution in [0.15, 0.2) is 36.7 Å². The van der Waals surface area contributed by atoms with Gasteiger partial charge in [0.25, 0.3) is 5.91 Å². The minimum Gasteiger partial charge on any atom is -0.383 e. The molecule has 0 saturated carbocycles. The highest BCUT2D eigenvalue weighted by atomic mass is 127. The third-order valence-electron chi connectivity index (χ3n) is 4.39. The Morgan fingerprint density at radius 3 is 2.68 bits per heavy atom. The molecule has 0 unspecified atom stereocenters. The van der Waals surface area contributed by atoms with E-state index in [0.29, 0.717) is 10.9 Å². The van der Waals surface area contributed by atoms with Crippen LogP contribution in [0, 0.1) is 5.82 Å². The summed E-state index contributed by atoms with van der Waals surface area (Å²) in [6.45, 7) is -0.774. The van der Waals surface area contributed by atoms with Gasteiger partial charge in [-0.25, -0.2) is 22.8 Å². The zero-order valence-corrected chi connectivity index (χ0v) is 19.0. The number of aromatic nitrogens is 2. The summed E-state index contributed by atoms with van der Waals surface area (Å²) in [7, 11) is -3.83. The van der Waals surface area contributed by atoms with Crippen LogP contribution in [-0.4, -0.2) is 36.7 Å². The van der Waals surface area contributed by atoms with E-state index in [1.54, 1.807) is 12.1 Å². The summed E-state index contributed by atoms with van der Waals surface area (Å²) in [5, 5.41) is 2.98. The molecule has 2 aromatic carbocycles. The fourth-order valence-corrected chi connectivity index (χ4v) is 4.83. The number of fused-ring (bicyclic) bond motifs is 1. The second-order valence-corrected chi connectivity index (χ2v) is 9.07. The molecule has 12 heteroatoms. The molecule has 0 aliphatic rings. The number of benzene rings is 2. The summed E-state index contributed by atoms with van der Waals surface area (Å²) in [4.78, 5) is 20.9. The molecule has 1 amide bonds. The molecule has 0 aliphatic carbocycles. The molecule has 0 spiro atoms. The Balaban J connectivity index is 1.98. The largest absolute Gasteiger partial charge is 0.383 e. The van der Waals surface area contributed by atoms with Gasteiger partial charge in [-0.3, -0.25) is 13.9 Å². The quantitative estimate of drug-likeness (QED) is 0.285. The maximum absolute atomic E-state index is 14.6. The number of nitrogens with two attached hydrogens (primary N) is 1. The maximum Gasteiger partial charge on any atom is 0.257 e. The monoisotopic (exact) mass is 561 g/mol. The number of anilines is 3. The summed E-state index contributed by atoms with van der Waals surface area (Å²) in [5.74, 6) is -1.60. The third kappa shape index (κ3) is 5.18. The third-order valence-corrected chi connectivity index (χ3v) is 6.51. The van der Waals surface area contributed by atoms with Gasteiger partial charge in [0.1, 0.15) is 18.0 Å². The first-order valence-electron chi connectivity index (χ1n) is 9.01. The summed E-state index contributed by atoms with van der Waals surface area (Å²) in [6, 6.07) is 7.07. The molecule has 0 aliphatic heterocycles. The Hall–Kier alpha value is -2.61. The number of para-hydroxylation sites is 1. The lowest BCUT2D eigenvalue weighted by Crippen LogP contribution is -2.20. The standard InChI is InChI=1S/C19H18F2IN5O3S/c20-7-2-8-31(29,30)27-15-6-5-14(21)17(13(15)9-22)26-19(28)12-4-1-3-11-16(12)24-10-25-18(11)23/h1,3-6,10,27H,2,7-9H2,(H,26,28)(H2,23,24,25). The number of nitrogens with zero attached hydrogens (tertiary/aromatic N) is 2. The van der Waals surface area contributed by atoms with E-state index in [1.807, 2.05) is 22.6 Å². The maximum atomic E-state index is 14.6. The number of carbonyl (C=O) groups excluding carboxylic acids is 1. The molecule has 0 fully saturated rings. The minimum absolute atomic E-state index is 0.106. The van der Waals surface area contributed by atoms with Crippen molar-refractivity contribution in [1.82, 2.24) is 9.97 Å². The van der Waals surface area contributed by atoms with Gasteiger partial charge in [0.2, 0.25) is 10.0 Å². The van der Waals surface area contributed by atoms with Gasteiger partial charge < -0.3 is 11.1 Å². The van der Waals surface area contributed by atoms with Crippen LogP contribution in [0.5, 0.6) is 0 Å². The smallest absolute Gasteiger partial charge is 0.257 e. The van der Waals surface area contributed by atoms with E-state index in [0.717, 1.165) is 6.07 Å². The number of hydrogen-bond donors (Lipinski definition) is 3. The Labute approximate surface area is 190 Å². The van der Waals surface area contributed by atoms with Crippen LogP contribution in [0.2, 0.25) is 0 Å². The van der Waals surface area contributed by atoms with Gasteiger partial charge in [-0.2, -0.15) is 0 Å². The number of amides is 1. The molecular weight excluding hydrogens is 543 g/mol. The van der Waals surface area contributed by atoms with E-state index < -0.39 is 34.2 Å². The van der Waals surface area contributed by atoms with E-state index in [9.17, 15) is 22.0 Å². The average molecular weight is 561 g/mol. The highest BCUT2D eigenvalue weighted by molar-refractivity contribution is 14.1. The number of alkyl halides is 2. The zero-order chi connectivity index (χ0) is 22.6. The molecule has 3 aromatic rings. The molecule has 0 bridgehead atoms. The van der Waals surface area contributed by atoms with Crippen molar-refractivity contribution in [3.05, 3.63) is 53.6 Å². The van der Waals surface area contributed by atoms with Crippen LogP contribution in [0.1, 0.15) is 22.3 Å². The number of halogens is 3. The van der Waals surface area contributed by atoms with Gasteiger partial charge in [0.15, 0.2) is 0 Å². The number of rotatable bonds is 8. The van der Waals surface area contributed by atoms with Crippen molar-refractivity contribution >= 4 is 66.6 Å². The second kappa shape index (κ2) is 9.68. The van der Waals surface area contributed by atoms with E-state index in [1.165, 1.54) is 18.5 Å². The highest BCUT2D eigenvalue weighted by Gasteiger charge is 2.21. The van der Waals surface area contributed by atoms with E-state index in [-0.39, 0.29) is 39.2 Å². The molecular formula is C19H18F2IN5O3S. The Morgan fingerprint density at radius 2 is 1.97 bits per heavy atom. The van der Waals surface area contributed by atoms with Crippen molar-refractivity contribution in [3.8, 4) is 0 Å². The van der Waals surface area contributed by atoms with E-state index in [4.69, 9.17) is 5.73 Å². The first-order valence-corrected chi connectivity index (χ1v) is 12.2. The first-order chi connectivity index (χ1) is 14.8. The molecule has 31 heavy (non-hydrogen) atoms. The molecule has 4 N–H and O–H groups in total. The van der Waals surface area contributed by atoms with Crippen molar-refractivity contribution in [1.29, 1.82) is 0 Å². The summed E-state index contributed by atoms with van der Waals surface area (Å²) in [6.07, 6.45) is 1.06. The fraction of sp³-hybridized carbons (Fsp3) is 0.211. The van der Waals surface area contributed by atoms with Crippen LogP contribution in [-0.2, 0) is 14.5 Å². The van der Waals surface area contributed by atoms with E-state index in [2.05, 4.69) is 20.0 Å². The van der Waals surface area contributed by atoms with Gasteiger partial charge in [0, 0.05) is 15.4 Å². The number of nitrogens with one attached hydrogen (secondary N) is 2. The molecule has 0 radical (unpaired) electrons. The van der Waals surface area contributed by atoms with Crippen molar-refractivity contribution in [3.63, 3.8) is 0 Å². The lowest BCUT2D eigenvalue weighted by molar-refractivity contribution is 0.102. The number of carbonyl (C=O) groups is 1. The van der Waals surface area contributed by atoms with Crippen LogP contribution in [0.25, 0.3) is 10.9 Å². The number of hydrogen-bond acceptors (Lipinski definition) is 6. The molecule has 0 saturated heterocycles. The van der Waals surface area contributed by atoms with Crippen LogP contribution >= 0.6 is 22.6 Å². The normalized spacial score (nSPS) is 11.5. The lowest BCUT2D eigenvalue weighted by Gasteiger charge is -2.17. The predicted molar refractivity (Wildman–Crippen MR) is 124 cm³/mol. The predicted octanol–water partition coefficient (Wildman–Crippen LogP) is 3.64. The van der Waals surface area contributed by atoms with Crippen LogP contribution in [0.3, 0.4) is 0 Å². The Bertz CT molecular complexity index is 1240. The molecule has 1 aromatic heterocycles. The van der Waals surface area contributed by atoms with E-state index >= 15 is 0 Å². The van der Waals surface area contributed by atoms with Crippen molar-refractivity contribution in [2.24, 2.45) is 0 Å². The summed E-state index contributed by atoms with van der Waals surface area (Å²) < 4.78 is 53.8. The lowest BCUT2D eigenvalue weighted by atomic mass is 10.1. The SMILES string of the molecule is Nc1ncnc2c(C(=O)Nc3c(F)ccc(NS(=O)(=O)CCCF)c3CI)cccc12.